The Morgan fingerprint density at radius 1 is 1.19 bits per heavy atom. The summed E-state index contributed by atoms with van der Waals surface area (Å²) < 4.78 is 5.36. The standard InChI is InChI=1S/C13H25NO2/c1-16-12-6-4-11(5-7-12)14-10-13(15)8-2-3-9-13/h11-12,14-15H,2-10H2,1H3. The van der Waals surface area contributed by atoms with Crippen LogP contribution in [0.25, 0.3) is 0 Å². The molecular weight excluding hydrogens is 202 g/mol. The van der Waals surface area contributed by atoms with Crippen molar-refractivity contribution in [3.8, 4) is 0 Å². The van der Waals surface area contributed by atoms with Crippen LogP contribution in [0.3, 0.4) is 0 Å². The minimum atomic E-state index is -0.405. The molecule has 0 aromatic carbocycles. The predicted octanol–water partition coefficient (Wildman–Crippen LogP) is 1.84. The van der Waals surface area contributed by atoms with Crippen molar-refractivity contribution in [3.63, 3.8) is 0 Å². The van der Waals surface area contributed by atoms with E-state index in [2.05, 4.69) is 5.32 Å². The number of methoxy groups -OCH3 is 1. The number of aliphatic hydroxyl groups is 1. The van der Waals surface area contributed by atoms with E-state index in [1.54, 1.807) is 7.11 Å². The molecule has 2 aliphatic carbocycles. The molecule has 0 spiro atoms. The van der Waals surface area contributed by atoms with Gasteiger partial charge in [-0.05, 0) is 38.5 Å². The molecule has 0 aromatic rings. The molecule has 0 bridgehead atoms. The lowest BCUT2D eigenvalue weighted by molar-refractivity contribution is 0.0343. The summed E-state index contributed by atoms with van der Waals surface area (Å²) in [6.07, 6.45) is 9.50. The van der Waals surface area contributed by atoms with Crippen molar-refractivity contribution in [3.05, 3.63) is 0 Å². The maximum absolute atomic E-state index is 10.2. The Morgan fingerprint density at radius 2 is 1.81 bits per heavy atom. The summed E-state index contributed by atoms with van der Waals surface area (Å²) >= 11 is 0. The zero-order chi connectivity index (χ0) is 11.4. The van der Waals surface area contributed by atoms with Crippen molar-refractivity contribution in [2.45, 2.75) is 69.1 Å². The smallest absolute Gasteiger partial charge is 0.0771 e. The first-order valence-electron chi connectivity index (χ1n) is 6.70. The minimum absolute atomic E-state index is 0.405. The fourth-order valence-electron chi connectivity index (χ4n) is 3.05. The summed E-state index contributed by atoms with van der Waals surface area (Å²) in [7, 11) is 1.81. The van der Waals surface area contributed by atoms with Crippen LogP contribution in [0.4, 0.5) is 0 Å². The van der Waals surface area contributed by atoms with E-state index in [9.17, 15) is 5.11 Å². The zero-order valence-electron chi connectivity index (χ0n) is 10.4. The SMILES string of the molecule is COC1CCC(NCC2(O)CCCC2)CC1. The van der Waals surface area contributed by atoms with E-state index in [1.165, 1.54) is 25.7 Å². The molecule has 2 rings (SSSR count). The van der Waals surface area contributed by atoms with Gasteiger partial charge in [0.05, 0.1) is 11.7 Å². The first-order chi connectivity index (χ1) is 7.72. The van der Waals surface area contributed by atoms with E-state index in [0.717, 1.165) is 32.2 Å². The molecule has 0 aliphatic heterocycles. The number of ether oxygens (including phenoxy) is 1. The van der Waals surface area contributed by atoms with Gasteiger partial charge >= 0.3 is 0 Å². The lowest BCUT2D eigenvalue weighted by atomic mass is 9.92. The summed E-state index contributed by atoms with van der Waals surface area (Å²) in [6.45, 7) is 0.787. The van der Waals surface area contributed by atoms with Crippen LogP contribution in [0, 0.1) is 0 Å². The molecule has 94 valence electrons. The van der Waals surface area contributed by atoms with Crippen LogP contribution in [-0.4, -0.2) is 36.5 Å². The van der Waals surface area contributed by atoms with E-state index >= 15 is 0 Å². The van der Waals surface area contributed by atoms with E-state index in [4.69, 9.17) is 4.74 Å². The quantitative estimate of drug-likeness (QED) is 0.770. The number of nitrogens with one attached hydrogen (secondary N) is 1. The summed E-state index contributed by atoms with van der Waals surface area (Å²) in [4.78, 5) is 0. The molecular formula is C13H25NO2. The van der Waals surface area contributed by atoms with Crippen molar-refractivity contribution in [1.29, 1.82) is 0 Å². The van der Waals surface area contributed by atoms with E-state index in [1.807, 2.05) is 0 Å². The van der Waals surface area contributed by atoms with Crippen LogP contribution < -0.4 is 5.32 Å². The predicted molar refractivity (Wildman–Crippen MR) is 64.5 cm³/mol. The van der Waals surface area contributed by atoms with E-state index in [-0.39, 0.29) is 0 Å². The molecule has 0 saturated heterocycles. The van der Waals surface area contributed by atoms with Gasteiger partial charge in [-0.15, -0.1) is 0 Å². The topological polar surface area (TPSA) is 41.5 Å². The van der Waals surface area contributed by atoms with E-state index < -0.39 is 5.60 Å². The molecule has 0 unspecified atom stereocenters. The lowest BCUT2D eigenvalue weighted by Crippen LogP contribution is -2.44. The summed E-state index contributed by atoms with van der Waals surface area (Å²) in [6, 6.07) is 0.594. The second-order valence-electron chi connectivity index (χ2n) is 5.52. The average Bonchev–Trinajstić information content (AvgIpc) is 2.75. The van der Waals surface area contributed by atoms with Gasteiger partial charge in [-0.2, -0.15) is 0 Å². The molecule has 0 heterocycles. The summed E-state index contributed by atoms with van der Waals surface area (Å²) in [5.74, 6) is 0. The van der Waals surface area contributed by atoms with Crippen LogP contribution in [0.5, 0.6) is 0 Å². The molecule has 2 fully saturated rings. The zero-order valence-corrected chi connectivity index (χ0v) is 10.4. The van der Waals surface area contributed by atoms with Crippen molar-refractivity contribution < 1.29 is 9.84 Å². The molecule has 0 aromatic heterocycles. The second-order valence-corrected chi connectivity index (χ2v) is 5.52. The van der Waals surface area contributed by atoms with Gasteiger partial charge in [-0.25, -0.2) is 0 Å². The molecule has 2 saturated carbocycles. The average molecular weight is 227 g/mol. The third kappa shape index (κ3) is 3.19. The van der Waals surface area contributed by atoms with Gasteiger partial charge in [0.1, 0.15) is 0 Å². The van der Waals surface area contributed by atoms with Gasteiger partial charge in [-0.1, -0.05) is 12.8 Å². The Bertz CT molecular complexity index is 206. The van der Waals surface area contributed by atoms with Gasteiger partial charge in [-0.3, -0.25) is 0 Å². The molecule has 2 N–H and O–H groups in total. The van der Waals surface area contributed by atoms with Gasteiger partial charge in [0, 0.05) is 19.7 Å². The molecule has 16 heavy (non-hydrogen) atoms. The van der Waals surface area contributed by atoms with Crippen molar-refractivity contribution in [2.24, 2.45) is 0 Å². The van der Waals surface area contributed by atoms with Gasteiger partial charge < -0.3 is 15.2 Å². The minimum Gasteiger partial charge on any atom is -0.389 e. The molecule has 3 heteroatoms. The molecule has 2 aliphatic rings. The maximum Gasteiger partial charge on any atom is 0.0771 e. The highest BCUT2D eigenvalue weighted by Gasteiger charge is 2.32. The highest BCUT2D eigenvalue weighted by Crippen LogP contribution is 2.29. The molecule has 0 amide bonds. The molecule has 3 nitrogen and oxygen atoms in total. The van der Waals surface area contributed by atoms with Gasteiger partial charge in [0.15, 0.2) is 0 Å². The van der Waals surface area contributed by atoms with Crippen molar-refractivity contribution in [1.82, 2.24) is 5.32 Å². The largest absolute Gasteiger partial charge is 0.389 e. The third-order valence-corrected chi connectivity index (χ3v) is 4.26. The fourth-order valence-corrected chi connectivity index (χ4v) is 3.05. The van der Waals surface area contributed by atoms with Crippen LogP contribution in [-0.2, 0) is 4.74 Å². The number of hydrogen-bond acceptors (Lipinski definition) is 3. The number of hydrogen-bond donors (Lipinski definition) is 2. The van der Waals surface area contributed by atoms with Crippen LogP contribution in [0.15, 0.2) is 0 Å². The summed E-state index contributed by atoms with van der Waals surface area (Å²) in [5.41, 5.74) is -0.405. The Labute approximate surface area is 98.6 Å². The first kappa shape index (κ1) is 12.3. The Morgan fingerprint density at radius 3 is 2.38 bits per heavy atom. The van der Waals surface area contributed by atoms with Gasteiger partial charge in [0.2, 0.25) is 0 Å². The van der Waals surface area contributed by atoms with Crippen molar-refractivity contribution in [2.75, 3.05) is 13.7 Å². The molecule has 0 radical (unpaired) electrons. The third-order valence-electron chi connectivity index (χ3n) is 4.26. The first-order valence-corrected chi connectivity index (χ1v) is 6.70. The van der Waals surface area contributed by atoms with Crippen molar-refractivity contribution >= 4 is 0 Å². The van der Waals surface area contributed by atoms with E-state index in [0.29, 0.717) is 12.1 Å². The Balaban J connectivity index is 1.67. The summed E-state index contributed by atoms with van der Waals surface area (Å²) in [5, 5.41) is 13.8. The second kappa shape index (κ2) is 5.48. The van der Waals surface area contributed by atoms with Crippen LogP contribution >= 0.6 is 0 Å². The highest BCUT2D eigenvalue weighted by molar-refractivity contribution is 4.88. The van der Waals surface area contributed by atoms with Gasteiger partial charge in [0.25, 0.3) is 0 Å². The Kier molecular flexibility index (Phi) is 4.22. The van der Waals surface area contributed by atoms with Crippen LogP contribution in [0.1, 0.15) is 51.4 Å². The Hall–Kier alpha value is -0.120. The monoisotopic (exact) mass is 227 g/mol. The highest BCUT2D eigenvalue weighted by atomic mass is 16.5. The maximum atomic E-state index is 10.2. The normalized spacial score (nSPS) is 34.1. The molecule has 0 atom stereocenters. The van der Waals surface area contributed by atoms with Crippen LogP contribution in [0.2, 0.25) is 0 Å². The lowest BCUT2D eigenvalue weighted by Gasteiger charge is -2.31. The fraction of sp³-hybridized carbons (Fsp3) is 1.00. The number of rotatable bonds is 4.